The molecule has 0 unspecified atom stereocenters. The van der Waals surface area contributed by atoms with Crippen molar-refractivity contribution in [3.05, 3.63) is 53.6 Å². The summed E-state index contributed by atoms with van der Waals surface area (Å²) < 4.78 is 5.72. The Balaban J connectivity index is 1.33. The van der Waals surface area contributed by atoms with E-state index in [-0.39, 0.29) is 12.5 Å². The van der Waals surface area contributed by atoms with Crippen molar-refractivity contribution in [1.29, 1.82) is 0 Å². The van der Waals surface area contributed by atoms with Gasteiger partial charge in [0, 0.05) is 19.6 Å². The summed E-state index contributed by atoms with van der Waals surface area (Å²) in [5.74, 6) is 0.595. The highest BCUT2D eigenvalue weighted by molar-refractivity contribution is 6.32. The van der Waals surface area contributed by atoms with E-state index in [1.807, 2.05) is 53.4 Å². The van der Waals surface area contributed by atoms with Crippen LogP contribution >= 0.6 is 11.6 Å². The Morgan fingerprint density at radius 3 is 2.52 bits per heavy atom. The Morgan fingerprint density at radius 2 is 1.85 bits per heavy atom. The first kappa shape index (κ1) is 18.3. The Hall–Kier alpha value is -2.04. The molecule has 1 amide bonds. The van der Waals surface area contributed by atoms with Gasteiger partial charge in [-0.15, -0.1) is 0 Å². The molecule has 27 heavy (non-hydrogen) atoms. The second-order valence-electron chi connectivity index (χ2n) is 7.61. The number of ether oxygens (including phenoxy) is 1. The summed E-state index contributed by atoms with van der Waals surface area (Å²) in [6.07, 6.45) is 3.39. The molecule has 0 radical (unpaired) electrons. The van der Waals surface area contributed by atoms with Crippen molar-refractivity contribution in [2.45, 2.75) is 19.3 Å². The van der Waals surface area contributed by atoms with E-state index in [9.17, 15) is 4.79 Å². The molecule has 2 aliphatic heterocycles. The van der Waals surface area contributed by atoms with Crippen LogP contribution < -0.4 is 10.1 Å². The fraction of sp³-hybridized carbons (Fsp3) is 0.409. The number of nitrogens with one attached hydrogen (secondary N) is 1. The third-order valence-electron chi connectivity index (χ3n) is 5.90. The standard InChI is InChI=1S/C22H25ClN2O2/c23-19-14-18(17-4-2-1-3-5-17)6-7-20(19)27-15-21(26)25-12-9-22(10-13-25)8-11-24-16-22/h1-7,14,24H,8-13,15-16H2. The van der Waals surface area contributed by atoms with Crippen molar-refractivity contribution in [1.82, 2.24) is 10.2 Å². The van der Waals surface area contributed by atoms with Crippen molar-refractivity contribution in [2.75, 3.05) is 32.8 Å². The van der Waals surface area contributed by atoms with Crippen LogP contribution in [-0.4, -0.2) is 43.6 Å². The third-order valence-corrected chi connectivity index (χ3v) is 6.19. The molecular formula is C22H25ClN2O2. The molecule has 2 aliphatic rings. The topological polar surface area (TPSA) is 41.6 Å². The van der Waals surface area contributed by atoms with Gasteiger partial charge in [-0.3, -0.25) is 4.79 Å². The molecule has 2 saturated heterocycles. The van der Waals surface area contributed by atoms with E-state index >= 15 is 0 Å². The predicted octanol–water partition coefficient (Wildman–Crippen LogP) is 3.99. The first-order chi connectivity index (χ1) is 13.2. The smallest absolute Gasteiger partial charge is 0.260 e. The molecule has 4 nitrogen and oxygen atoms in total. The van der Waals surface area contributed by atoms with Gasteiger partial charge in [0.25, 0.3) is 5.91 Å². The lowest BCUT2D eigenvalue weighted by Gasteiger charge is -2.38. The molecule has 2 aromatic rings. The van der Waals surface area contributed by atoms with Crippen molar-refractivity contribution < 1.29 is 9.53 Å². The van der Waals surface area contributed by atoms with Crippen molar-refractivity contribution in [3.8, 4) is 16.9 Å². The van der Waals surface area contributed by atoms with Gasteiger partial charge in [-0.05, 0) is 54.5 Å². The molecule has 2 fully saturated rings. The van der Waals surface area contributed by atoms with Crippen LogP contribution in [0.15, 0.2) is 48.5 Å². The maximum absolute atomic E-state index is 12.5. The van der Waals surface area contributed by atoms with Crippen molar-refractivity contribution >= 4 is 17.5 Å². The van der Waals surface area contributed by atoms with E-state index in [1.165, 1.54) is 6.42 Å². The average molecular weight is 385 g/mol. The zero-order valence-electron chi connectivity index (χ0n) is 15.4. The molecule has 2 aromatic carbocycles. The number of hydrogen-bond acceptors (Lipinski definition) is 3. The van der Waals surface area contributed by atoms with Crippen LogP contribution in [0.2, 0.25) is 5.02 Å². The molecule has 142 valence electrons. The van der Waals surface area contributed by atoms with Gasteiger partial charge in [0.15, 0.2) is 6.61 Å². The monoisotopic (exact) mass is 384 g/mol. The van der Waals surface area contributed by atoms with Gasteiger partial charge in [0.1, 0.15) is 5.75 Å². The van der Waals surface area contributed by atoms with Gasteiger partial charge in [-0.25, -0.2) is 0 Å². The van der Waals surface area contributed by atoms with Crippen LogP contribution in [0.5, 0.6) is 5.75 Å². The van der Waals surface area contributed by atoms with Crippen molar-refractivity contribution in [2.24, 2.45) is 5.41 Å². The van der Waals surface area contributed by atoms with Crippen LogP contribution in [0.1, 0.15) is 19.3 Å². The molecule has 0 aliphatic carbocycles. The number of rotatable bonds is 4. The van der Waals surface area contributed by atoms with Gasteiger partial charge in [-0.2, -0.15) is 0 Å². The maximum Gasteiger partial charge on any atom is 0.260 e. The average Bonchev–Trinajstić information content (AvgIpc) is 3.16. The molecule has 0 atom stereocenters. The van der Waals surface area contributed by atoms with E-state index in [2.05, 4.69) is 5.32 Å². The predicted molar refractivity (Wildman–Crippen MR) is 108 cm³/mol. The van der Waals surface area contributed by atoms with Gasteiger partial charge in [-0.1, -0.05) is 48.0 Å². The number of carbonyl (C=O) groups excluding carboxylic acids is 1. The second kappa shape index (κ2) is 7.91. The summed E-state index contributed by atoms with van der Waals surface area (Å²) in [7, 11) is 0. The number of nitrogens with zero attached hydrogens (tertiary/aromatic N) is 1. The first-order valence-electron chi connectivity index (χ1n) is 9.62. The number of amides is 1. The van der Waals surface area contributed by atoms with E-state index in [4.69, 9.17) is 16.3 Å². The number of benzene rings is 2. The van der Waals surface area contributed by atoms with Crippen LogP contribution in [0, 0.1) is 5.41 Å². The number of halogens is 1. The van der Waals surface area contributed by atoms with Gasteiger partial charge in [0.2, 0.25) is 0 Å². The molecule has 0 bridgehead atoms. The normalized spacial score (nSPS) is 18.6. The minimum Gasteiger partial charge on any atom is -0.482 e. The lowest BCUT2D eigenvalue weighted by Crippen LogP contribution is -2.45. The van der Waals surface area contributed by atoms with E-state index in [0.717, 1.165) is 50.1 Å². The summed E-state index contributed by atoms with van der Waals surface area (Å²) in [5, 5.41) is 3.98. The highest BCUT2D eigenvalue weighted by Crippen LogP contribution is 2.37. The summed E-state index contributed by atoms with van der Waals surface area (Å²) in [6, 6.07) is 15.8. The molecule has 1 spiro atoms. The molecule has 1 N–H and O–H groups in total. The van der Waals surface area contributed by atoms with E-state index in [0.29, 0.717) is 16.2 Å². The highest BCUT2D eigenvalue weighted by atomic mass is 35.5. The number of hydrogen-bond donors (Lipinski definition) is 1. The Labute approximate surface area is 165 Å². The molecule has 0 aromatic heterocycles. The quantitative estimate of drug-likeness (QED) is 0.866. The lowest BCUT2D eigenvalue weighted by molar-refractivity contribution is -0.135. The SMILES string of the molecule is O=C(COc1ccc(-c2ccccc2)cc1Cl)N1CCC2(CCNC2)CC1. The van der Waals surface area contributed by atoms with Gasteiger partial charge in [0.05, 0.1) is 5.02 Å². The highest BCUT2D eigenvalue weighted by Gasteiger charge is 2.38. The lowest BCUT2D eigenvalue weighted by atomic mass is 9.78. The van der Waals surface area contributed by atoms with Gasteiger partial charge < -0.3 is 15.0 Å². The molecule has 2 heterocycles. The number of carbonyl (C=O) groups is 1. The minimum absolute atomic E-state index is 0.0374. The summed E-state index contributed by atoms with van der Waals surface area (Å²) in [4.78, 5) is 14.4. The summed E-state index contributed by atoms with van der Waals surface area (Å²) >= 11 is 6.37. The van der Waals surface area contributed by atoms with E-state index < -0.39 is 0 Å². The van der Waals surface area contributed by atoms with Crippen molar-refractivity contribution in [3.63, 3.8) is 0 Å². The molecule has 4 rings (SSSR count). The Bertz CT molecular complexity index is 793. The first-order valence-corrected chi connectivity index (χ1v) is 9.99. The Morgan fingerprint density at radius 1 is 1.07 bits per heavy atom. The Kier molecular flexibility index (Phi) is 5.37. The van der Waals surface area contributed by atoms with E-state index in [1.54, 1.807) is 0 Å². The largest absolute Gasteiger partial charge is 0.482 e. The zero-order valence-corrected chi connectivity index (χ0v) is 16.2. The molecular weight excluding hydrogens is 360 g/mol. The maximum atomic E-state index is 12.5. The number of piperidine rings is 1. The second-order valence-corrected chi connectivity index (χ2v) is 8.01. The van der Waals surface area contributed by atoms with Crippen LogP contribution in [-0.2, 0) is 4.79 Å². The van der Waals surface area contributed by atoms with Crippen LogP contribution in [0.4, 0.5) is 0 Å². The number of likely N-dealkylation sites (tertiary alicyclic amines) is 1. The molecule has 0 saturated carbocycles. The fourth-order valence-corrected chi connectivity index (χ4v) is 4.35. The van der Waals surface area contributed by atoms with Crippen LogP contribution in [0.25, 0.3) is 11.1 Å². The van der Waals surface area contributed by atoms with Crippen LogP contribution in [0.3, 0.4) is 0 Å². The summed E-state index contributed by atoms with van der Waals surface area (Å²) in [6.45, 7) is 3.88. The van der Waals surface area contributed by atoms with Gasteiger partial charge >= 0.3 is 0 Å². The summed E-state index contributed by atoms with van der Waals surface area (Å²) in [5.41, 5.74) is 2.55. The zero-order chi connectivity index (χ0) is 18.7. The fourth-order valence-electron chi connectivity index (χ4n) is 4.11. The third kappa shape index (κ3) is 4.12. The minimum atomic E-state index is 0.0374. The molecule has 5 heteroatoms.